The van der Waals surface area contributed by atoms with Gasteiger partial charge in [-0.15, -0.1) is 0 Å². The number of hydrogen-bond donors (Lipinski definition) is 1. The molecule has 37 heavy (non-hydrogen) atoms. The zero-order valence-electron chi connectivity index (χ0n) is 22.0. The van der Waals surface area contributed by atoms with Crippen molar-refractivity contribution in [1.82, 2.24) is 14.8 Å². The minimum Gasteiger partial charge on any atom is -0.508 e. The highest BCUT2D eigenvalue weighted by molar-refractivity contribution is 6.00. The maximum Gasteiger partial charge on any atom is 0.245 e. The van der Waals surface area contributed by atoms with Crippen molar-refractivity contribution in [2.75, 3.05) is 44.2 Å². The molecule has 0 aliphatic carbocycles. The third-order valence-electron chi connectivity index (χ3n) is 8.59. The normalized spacial score (nSPS) is 18.8. The smallest absolute Gasteiger partial charge is 0.245 e. The molecule has 6 heteroatoms. The SMILES string of the molecule is C=CC(=O)N1CC2(CCN(c3nc4c(c(-c5cc(O)cc6ccccc56)c3C)CCN(CCC)C4)C2)C1. The van der Waals surface area contributed by atoms with Gasteiger partial charge in [0.15, 0.2) is 0 Å². The first-order valence-corrected chi connectivity index (χ1v) is 13.5. The van der Waals surface area contributed by atoms with Crippen LogP contribution in [0.4, 0.5) is 5.82 Å². The highest BCUT2D eigenvalue weighted by Crippen LogP contribution is 2.45. The summed E-state index contributed by atoms with van der Waals surface area (Å²) >= 11 is 0. The van der Waals surface area contributed by atoms with Gasteiger partial charge in [-0.25, -0.2) is 4.98 Å². The number of likely N-dealkylation sites (tertiary alicyclic amines) is 1. The molecule has 0 saturated carbocycles. The number of benzene rings is 2. The lowest BCUT2D eigenvalue weighted by molar-refractivity contribution is -0.136. The van der Waals surface area contributed by atoms with Crippen LogP contribution in [0.5, 0.6) is 5.75 Å². The molecule has 1 amide bonds. The van der Waals surface area contributed by atoms with Crippen molar-refractivity contribution in [3.63, 3.8) is 0 Å². The lowest BCUT2D eigenvalue weighted by atomic mass is 9.79. The molecule has 0 bridgehead atoms. The van der Waals surface area contributed by atoms with Crippen LogP contribution >= 0.6 is 0 Å². The molecule has 1 aromatic heterocycles. The molecule has 1 spiro atoms. The van der Waals surface area contributed by atoms with Gasteiger partial charge in [-0.05, 0) is 84.0 Å². The van der Waals surface area contributed by atoms with Crippen LogP contribution in [-0.4, -0.2) is 65.1 Å². The summed E-state index contributed by atoms with van der Waals surface area (Å²) in [6.07, 6.45) is 4.58. The third kappa shape index (κ3) is 4.08. The molecule has 3 aliphatic rings. The van der Waals surface area contributed by atoms with Gasteiger partial charge in [-0.3, -0.25) is 9.69 Å². The first kappa shape index (κ1) is 24.0. The second-order valence-electron chi connectivity index (χ2n) is 11.2. The third-order valence-corrected chi connectivity index (χ3v) is 8.59. The fourth-order valence-electron chi connectivity index (χ4n) is 6.83. The number of anilines is 1. The van der Waals surface area contributed by atoms with E-state index in [1.165, 1.54) is 28.5 Å². The van der Waals surface area contributed by atoms with Crippen LogP contribution in [0.15, 0.2) is 49.1 Å². The zero-order valence-corrected chi connectivity index (χ0v) is 22.0. The second kappa shape index (κ2) is 9.18. The maximum atomic E-state index is 12.1. The van der Waals surface area contributed by atoms with Crippen LogP contribution in [0.3, 0.4) is 0 Å². The number of amides is 1. The molecule has 1 N–H and O–H groups in total. The largest absolute Gasteiger partial charge is 0.508 e. The van der Waals surface area contributed by atoms with E-state index in [1.807, 2.05) is 23.1 Å². The highest BCUT2D eigenvalue weighted by Gasteiger charge is 2.49. The molecule has 0 unspecified atom stereocenters. The Hall–Kier alpha value is -3.38. The van der Waals surface area contributed by atoms with Crippen molar-refractivity contribution in [3.05, 3.63) is 65.9 Å². The summed E-state index contributed by atoms with van der Waals surface area (Å²) in [7, 11) is 0. The van der Waals surface area contributed by atoms with Crippen molar-refractivity contribution in [2.24, 2.45) is 5.41 Å². The van der Waals surface area contributed by atoms with E-state index in [1.54, 1.807) is 0 Å². The number of aromatic nitrogens is 1. The number of nitrogens with zero attached hydrogens (tertiary/aromatic N) is 4. The van der Waals surface area contributed by atoms with Gasteiger partial charge >= 0.3 is 0 Å². The lowest BCUT2D eigenvalue weighted by Crippen LogP contribution is -2.59. The molecule has 2 saturated heterocycles. The number of carbonyl (C=O) groups is 1. The van der Waals surface area contributed by atoms with Gasteiger partial charge < -0.3 is 14.9 Å². The Kier molecular flexibility index (Phi) is 5.95. The summed E-state index contributed by atoms with van der Waals surface area (Å²) in [5.41, 5.74) is 6.16. The second-order valence-corrected chi connectivity index (χ2v) is 11.2. The molecule has 0 radical (unpaired) electrons. The van der Waals surface area contributed by atoms with Gasteiger partial charge in [0, 0.05) is 44.7 Å². The maximum absolute atomic E-state index is 12.1. The van der Waals surface area contributed by atoms with Crippen molar-refractivity contribution < 1.29 is 9.90 Å². The Labute approximate surface area is 219 Å². The molecular formula is C31H36N4O2. The summed E-state index contributed by atoms with van der Waals surface area (Å²) in [4.78, 5) is 24.3. The molecular weight excluding hydrogens is 460 g/mol. The highest BCUT2D eigenvalue weighted by atomic mass is 16.3. The average Bonchev–Trinajstić information content (AvgIpc) is 3.33. The van der Waals surface area contributed by atoms with E-state index in [-0.39, 0.29) is 11.3 Å². The number of carbonyl (C=O) groups excluding carboxylic acids is 1. The van der Waals surface area contributed by atoms with Crippen molar-refractivity contribution in [3.8, 4) is 16.9 Å². The number of fused-ring (bicyclic) bond motifs is 2. The summed E-state index contributed by atoms with van der Waals surface area (Å²) in [6.45, 7) is 14.5. The topological polar surface area (TPSA) is 59.9 Å². The van der Waals surface area contributed by atoms with Gasteiger partial charge in [-0.1, -0.05) is 37.8 Å². The number of aromatic hydroxyl groups is 1. The molecule has 6 nitrogen and oxygen atoms in total. The molecule has 2 aromatic carbocycles. The molecule has 6 rings (SSSR count). The minimum atomic E-state index is 0.0289. The number of rotatable bonds is 5. The van der Waals surface area contributed by atoms with Crippen molar-refractivity contribution in [1.29, 1.82) is 0 Å². The van der Waals surface area contributed by atoms with Crippen molar-refractivity contribution in [2.45, 2.75) is 39.7 Å². The molecule has 3 aromatic rings. The molecule has 2 fully saturated rings. The Balaban J connectivity index is 1.45. The quantitative estimate of drug-likeness (QED) is 0.509. The van der Waals surface area contributed by atoms with Gasteiger partial charge in [0.25, 0.3) is 0 Å². The van der Waals surface area contributed by atoms with Crippen LogP contribution < -0.4 is 4.90 Å². The number of phenolic OH excluding ortho intramolecular Hbond substituents is 1. The van der Waals surface area contributed by atoms with Crippen molar-refractivity contribution >= 4 is 22.5 Å². The summed E-state index contributed by atoms with van der Waals surface area (Å²) < 4.78 is 0. The summed E-state index contributed by atoms with van der Waals surface area (Å²) in [5.74, 6) is 1.39. The molecule has 192 valence electrons. The van der Waals surface area contributed by atoms with E-state index in [9.17, 15) is 9.90 Å². The van der Waals surface area contributed by atoms with E-state index in [2.05, 4.69) is 48.4 Å². The molecule has 3 aliphatic heterocycles. The van der Waals surface area contributed by atoms with E-state index in [0.29, 0.717) is 5.75 Å². The van der Waals surface area contributed by atoms with E-state index < -0.39 is 0 Å². The molecule has 0 atom stereocenters. The Morgan fingerprint density at radius 1 is 1.19 bits per heavy atom. The van der Waals surface area contributed by atoms with E-state index in [4.69, 9.17) is 4.98 Å². The standard InChI is InChI=1S/C31H36N4O2/c1-4-12-33-13-10-25-27(17-33)32-30(34-14-11-31(18-34)19-35(20-31)28(37)5-2)21(3)29(25)26-16-23(36)15-22-8-6-7-9-24(22)26/h5-9,15-16,36H,2,4,10-14,17-20H2,1,3H3. The van der Waals surface area contributed by atoms with Crippen LogP contribution in [0.25, 0.3) is 21.9 Å². The Morgan fingerprint density at radius 3 is 2.78 bits per heavy atom. The van der Waals surface area contributed by atoms with E-state index in [0.717, 1.165) is 87.2 Å². The van der Waals surface area contributed by atoms with Gasteiger partial charge in [0.1, 0.15) is 11.6 Å². The summed E-state index contributed by atoms with van der Waals surface area (Å²) in [5, 5.41) is 12.9. The number of pyridine rings is 1. The fourth-order valence-corrected chi connectivity index (χ4v) is 6.83. The van der Waals surface area contributed by atoms with E-state index >= 15 is 0 Å². The minimum absolute atomic E-state index is 0.0289. The predicted octanol–water partition coefficient (Wildman–Crippen LogP) is 4.91. The fraction of sp³-hybridized carbons (Fsp3) is 0.419. The zero-order chi connectivity index (χ0) is 25.7. The van der Waals surface area contributed by atoms with Gasteiger partial charge in [-0.2, -0.15) is 0 Å². The first-order chi connectivity index (χ1) is 17.9. The predicted molar refractivity (Wildman–Crippen MR) is 149 cm³/mol. The monoisotopic (exact) mass is 496 g/mol. The lowest BCUT2D eigenvalue weighted by Gasteiger charge is -2.47. The first-order valence-electron chi connectivity index (χ1n) is 13.5. The Morgan fingerprint density at radius 2 is 2.00 bits per heavy atom. The van der Waals surface area contributed by atoms with Gasteiger partial charge in [0.05, 0.1) is 5.69 Å². The number of hydrogen-bond acceptors (Lipinski definition) is 5. The van der Waals surface area contributed by atoms with Gasteiger partial charge in [0.2, 0.25) is 5.91 Å². The number of phenols is 1. The van der Waals surface area contributed by atoms with Crippen LogP contribution in [0, 0.1) is 12.3 Å². The van der Waals surface area contributed by atoms with Crippen LogP contribution in [0.2, 0.25) is 0 Å². The average molecular weight is 497 g/mol. The summed E-state index contributed by atoms with van der Waals surface area (Å²) in [6, 6.07) is 12.1. The Bertz CT molecular complexity index is 1390. The molecule has 4 heterocycles. The van der Waals surface area contributed by atoms with Crippen LogP contribution in [0.1, 0.15) is 36.6 Å². The van der Waals surface area contributed by atoms with Crippen LogP contribution in [-0.2, 0) is 17.8 Å².